The Kier molecular flexibility index (Phi) is 6.11. The number of aliphatic hydroxyl groups excluding tert-OH is 1. The van der Waals surface area contributed by atoms with Gasteiger partial charge in [-0.3, -0.25) is 0 Å². The number of hydrogen-bond donors (Lipinski definition) is 1. The molecular weight excluding hydrogens is 438 g/mol. The van der Waals surface area contributed by atoms with Crippen molar-refractivity contribution >= 4 is 33.7 Å². The van der Waals surface area contributed by atoms with Crippen LogP contribution in [-0.2, 0) is 4.74 Å². The number of piperidine rings is 1. The van der Waals surface area contributed by atoms with Crippen molar-refractivity contribution in [2.75, 3.05) is 49.2 Å². The maximum absolute atomic E-state index is 12.9. The summed E-state index contributed by atoms with van der Waals surface area (Å²) in [7, 11) is 0. The van der Waals surface area contributed by atoms with Gasteiger partial charge in [0, 0.05) is 48.6 Å². The van der Waals surface area contributed by atoms with E-state index in [4.69, 9.17) is 4.74 Å². The highest BCUT2D eigenvalue weighted by molar-refractivity contribution is 7.09. The lowest BCUT2D eigenvalue weighted by Crippen LogP contribution is -2.38. The largest absolute Gasteiger partial charge is 0.386 e. The van der Waals surface area contributed by atoms with Crippen LogP contribution in [0.15, 0.2) is 23.6 Å². The maximum Gasteiger partial charge on any atom is 0.281 e. The Bertz CT molecular complexity index is 1080. The van der Waals surface area contributed by atoms with Crippen LogP contribution in [0.4, 0.5) is 20.3 Å². The molecule has 0 bridgehead atoms. The first-order valence-corrected chi connectivity index (χ1v) is 11.6. The van der Waals surface area contributed by atoms with Crippen molar-refractivity contribution in [2.24, 2.45) is 5.92 Å². The smallest absolute Gasteiger partial charge is 0.281 e. The van der Waals surface area contributed by atoms with E-state index in [1.165, 1.54) is 5.38 Å². The van der Waals surface area contributed by atoms with Crippen LogP contribution in [0, 0.1) is 5.92 Å². The number of halogens is 2. The molecule has 2 atom stereocenters. The average Bonchev–Trinajstić information content (AvgIpc) is 3.34. The molecule has 2 aliphatic rings. The Labute approximate surface area is 187 Å². The molecule has 170 valence electrons. The first-order valence-electron chi connectivity index (χ1n) is 10.7. The number of anilines is 2. The molecule has 2 unspecified atom stereocenters. The molecule has 8 nitrogen and oxygen atoms in total. The SMILES string of the molecule is OC(c1nc(C(F)F)cs1)C1CCCN(c2nnnc3cc(N4CCOCC4)ccc23)C1. The number of ether oxygens (including phenoxy) is 1. The number of hydrogen-bond acceptors (Lipinski definition) is 9. The zero-order valence-electron chi connectivity index (χ0n) is 17.4. The van der Waals surface area contributed by atoms with Crippen LogP contribution < -0.4 is 9.80 Å². The average molecular weight is 463 g/mol. The molecule has 0 radical (unpaired) electrons. The molecule has 4 heterocycles. The van der Waals surface area contributed by atoms with Gasteiger partial charge >= 0.3 is 0 Å². The summed E-state index contributed by atoms with van der Waals surface area (Å²) in [6.07, 6.45) is -1.87. The van der Waals surface area contributed by atoms with Crippen molar-refractivity contribution in [3.8, 4) is 0 Å². The first-order chi connectivity index (χ1) is 15.6. The Morgan fingerprint density at radius 3 is 2.75 bits per heavy atom. The summed E-state index contributed by atoms with van der Waals surface area (Å²) in [5.41, 5.74) is 1.57. The van der Waals surface area contributed by atoms with Gasteiger partial charge in [-0.15, -0.1) is 21.5 Å². The predicted octanol–water partition coefficient (Wildman–Crippen LogP) is 3.21. The topological polar surface area (TPSA) is 87.5 Å². The van der Waals surface area contributed by atoms with E-state index in [2.05, 4.69) is 36.3 Å². The maximum atomic E-state index is 12.9. The predicted molar refractivity (Wildman–Crippen MR) is 117 cm³/mol. The van der Waals surface area contributed by atoms with Crippen LogP contribution >= 0.6 is 11.3 Å². The minimum atomic E-state index is -2.63. The second-order valence-electron chi connectivity index (χ2n) is 8.12. The summed E-state index contributed by atoms with van der Waals surface area (Å²) in [6, 6.07) is 6.11. The Morgan fingerprint density at radius 2 is 1.97 bits per heavy atom. The van der Waals surface area contributed by atoms with Crippen molar-refractivity contribution < 1.29 is 18.6 Å². The summed E-state index contributed by atoms with van der Waals surface area (Å²) in [6.45, 7) is 4.42. The number of nitrogens with zero attached hydrogens (tertiary/aromatic N) is 6. The molecule has 2 fully saturated rings. The zero-order chi connectivity index (χ0) is 22.1. The second-order valence-corrected chi connectivity index (χ2v) is 9.01. The van der Waals surface area contributed by atoms with Gasteiger partial charge in [0.05, 0.1) is 13.2 Å². The molecule has 2 aromatic heterocycles. The highest BCUT2D eigenvalue weighted by atomic mass is 32.1. The Morgan fingerprint density at radius 1 is 1.12 bits per heavy atom. The number of morpholine rings is 1. The van der Waals surface area contributed by atoms with Crippen LogP contribution in [0.3, 0.4) is 0 Å². The first kappa shape index (κ1) is 21.4. The van der Waals surface area contributed by atoms with E-state index in [1.54, 1.807) is 0 Å². The van der Waals surface area contributed by atoms with Crippen molar-refractivity contribution in [1.82, 2.24) is 20.4 Å². The van der Waals surface area contributed by atoms with Crippen LogP contribution in [-0.4, -0.2) is 64.9 Å². The van der Waals surface area contributed by atoms with Gasteiger partial charge in [-0.25, -0.2) is 13.8 Å². The quantitative estimate of drug-likeness (QED) is 0.619. The highest BCUT2D eigenvalue weighted by Crippen LogP contribution is 2.35. The van der Waals surface area contributed by atoms with Gasteiger partial charge in [0.2, 0.25) is 0 Å². The van der Waals surface area contributed by atoms with E-state index >= 15 is 0 Å². The summed E-state index contributed by atoms with van der Waals surface area (Å²) >= 11 is 1.08. The summed E-state index contributed by atoms with van der Waals surface area (Å²) in [5, 5.41) is 25.9. The van der Waals surface area contributed by atoms with Crippen molar-refractivity contribution in [3.63, 3.8) is 0 Å². The fourth-order valence-corrected chi connectivity index (χ4v) is 5.30. The van der Waals surface area contributed by atoms with E-state index in [9.17, 15) is 13.9 Å². The lowest BCUT2D eigenvalue weighted by Gasteiger charge is -2.35. The molecular formula is C21H24F2N6O2S. The third kappa shape index (κ3) is 4.24. The van der Waals surface area contributed by atoms with Crippen molar-refractivity contribution in [3.05, 3.63) is 34.3 Å². The number of benzene rings is 1. The number of aromatic nitrogens is 4. The van der Waals surface area contributed by atoms with Gasteiger partial charge < -0.3 is 19.6 Å². The monoisotopic (exact) mass is 462 g/mol. The molecule has 3 aromatic rings. The molecule has 2 aliphatic heterocycles. The van der Waals surface area contributed by atoms with Gasteiger partial charge in [-0.05, 0) is 36.3 Å². The van der Waals surface area contributed by atoms with Crippen molar-refractivity contribution in [2.45, 2.75) is 25.4 Å². The lowest BCUT2D eigenvalue weighted by atomic mass is 9.92. The third-order valence-corrected chi connectivity index (χ3v) is 7.04. The second kappa shape index (κ2) is 9.16. The van der Waals surface area contributed by atoms with E-state index in [1.807, 2.05) is 12.1 Å². The number of aliphatic hydroxyl groups is 1. The number of thiazole rings is 1. The van der Waals surface area contributed by atoms with Crippen LogP contribution in [0.1, 0.15) is 36.1 Å². The molecule has 0 spiro atoms. The zero-order valence-corrected chi connectivity index (χ0v) is 18.2. The summed E-state index contributed by atoms with van der Waals surface area (Å²) in [4.78, 5) is 8.30. The van der Waals surface area contributed by atoms with Gasteiger partial charge in [-0.2, -0.15) is 0 Å². The van der Waals surface area contributed by atoms with E-state index in [-0.39, 0.29) is 11.6 Å². The number of alkyl halides is 2. The highest BCUT2D eigenvalue weighted by Gasteiger charge is 2.31. The molecule has 0 amide bonds. The standard InChI is InChI=1S/C21H24F2N6O2S/c22-19(23)17-12-32-21(24-17)18(30)13-2-1-5-29(11-13)20-15-4-3-14(10-16(15)25-27-26-20)28-6-8-31-9-7-28/h3-4,10,12-13,18-19,30H,1-2,5-9,11H2. The number of rotatable bonds is 5. The van der Waals surface area contributed by atoms with Gasteiger partial charge in [-0.1, -0.05) is 0 Å². The van der Waals surface area contributed by atoms with Crippen molar-refractivity contribution in [1.29, 1.82) is 0 Å². The normalized spacial score (nSPS) is 20.8. The minimum Gasteiger partial charge on any atom is -0.386 e. The van der Waals surface area contributed by atoms with E-state index < -0.39 is 12.5 Å². The van der Waals surface area contributed by atoms with Gasteiger partial charge in [0.25, 0.3) is 6.43 Å². The molecule has 5 rings (SSSR count). The summed E-state index contributed by atoms with van der Waals surface area (Å²) < 4.78 is 31.2. The minimum absolute atomic E-state index is 0.127. The van der Waals surface area contributed by atoms with Gasteiger partial charge in [0.1, 0.15) is 22.3 Å². The van der Waals surface area contributed by atoms with Gasteiger partial charge in [0.15, 0.2) is 5.82 Å². The van der Waals surface area contributed by atoms with E-state index in [0.717, 1.165) is 66.2 Å². The fraction of sp³-hybridized carbons (Fsp3) is 0.524. The Balaban J connectivity index is 1.37. The van der Waals surface area contributed by atoms with Crippen LogP contribution in [0.2, 0.25) is 0 Å². The van der Waals surface area contributed by atoms with Crippen LogP contribution in [0.5, 0.6) is 0 Å². The molecule has 0 aliphatic carbocycles. The summed E-state index contributed by atoms with van der Waals surface area (Å²) in [5.74, 6) is 0.603. The van der Waals surface area contributed by atoms with E-state index in [0.29, 0.717) is 24.8 Å². The molecule has 11 heteroatoms. The molecule has 1 aromatic carbocycles. The molecule has 1 N–H and O–H groups in total. The molecule has 32 heavy (non-hydrogen) atoms. The lowest BCUT2D eigenvalue weighted by molar-refractivity contribution is 0.0961. The molecule has 0 saturated carbocycles. The van der Waals surface area contributed by atoms with Crippen LogP contribution in [0.25, 0.3) is 10.9 Å². The molecule has 2 saturated heterocycles. The number of fused-ring (bicyclic) bond motifs is 1. The third-order valence-electron chi connectivity index (χ3n) is 6.11. The Hall–Kier alpha value is -2.50. The fourth-order valence-electron chi connectivity index (χ4n) is 4.41.